The van der Waals surface area contributed by atoms with E-state index >= 15 is 0 Å². The van der Waals surface area contributed by atoms with Gasteiger partial charge in [-0.1, -0.05) is 37.3 Å². The number of esters is 1. The molecule has 4 rings (SSSR count). The van der Waals surface area contributed by atoms with E-state index in [-0.39, 0.29) is 18.5 Å². The molecule has 2 bridgehead atoms. The summed E-state index contributed by atoms with van der Waals surface area (Å²) in [7, 11) is 1.36. The molecule has 0 saturated heterocycles. The van der Waals surface area contributed by atoms with Crippen molar-refractivity contribution >= 4 is 12.1 Å². The quantitative estimate of drug-likeness (QED) is 0.868. The minimum absolute atomic E-state index is 0.147. The highest BCUT2D eigenvalue weighted by molar-refractivity contribution is 5.87. The Morgan fingerprint density at radius 1 is 1.32 bits per heavy atom. The molecule has 5 nitrogen and oxygen atoms in total. The van der Waals surface area contributed by atoms with Crippen LogP contribution in [0.4, 0.5) is 4.79 Å². The minimum Gasteiger partial charge on any atom is -0.467 e. The molecular formula is C17H21NO4. The highest BCUT2D eigenvalue weighted by Gasteiger charge is 2.65. The highest BCUT2D eigenvalue weighted by atomic mass is 16.6. The lowest BCUT2D eigenvalue weighted by atomic mass is 9.70. The fraction of sp³-hybridized carbons (Fsp3) is 0.529. The first-order chi connectivity index (χ1) is 10.6. The van der Waals surface area contributed by atoms with Crippen molar-refractivity contribution in [3.63, 3.8) is 0 Å². The second-order valence-electron chi connectivity index (χ2n) is 6.32. The molecule has 0 aliphatic heterocycles. The smallest absolute Gasteiger partial charge is 0.408 e. The van der Waals surface area contributed by atoms with E-state index in [0.717, 1.165) is 12.0 Å². The number of ether oxygens (including phenoxy) is 2. The van der Waals surface area contributed by atoms with Gasteiger partial charge in [-0.2, -0.15) is 0 Å². The zero-order valence-electron chi connectivity index (χ0n) is 12.9. The van der Waals surface area contributed by atoms with Crippen molar-refractivity contribution in [2.45, 2.75) is 31.9 Å². The summed E-state index contributed by atoms with van der Waals surface area (Å²) in [5.74, 6) is 0.710. The Kier molecular flexibility index (Phi) is 3.81. The molecule has 0 spiro atoms. The minimum atomic E-state index is -0.910. The van der Waals surface area contributed by atoms with Gasteiger partial charge in [-0.05, 0) is 36.2 Å². The number of hydrogen-bond donors (Lipinski definition) is 1. The molecule has 1 aromatic carbocycles. The van der Waals surface area contributed by atoms with Crippen molar-refractivity contribution in [3.8, 4) is 0 Å². The van der Waals surface area contributed by atoms with Gasteiger partial charge in [0.25, 0.3) is 0 Å². The summed E-state index contributed by atoms with van der Waals surface area (Å²) < 4.78 is 10.2. The third kappa shape index (κ3) is 2.34. The van der Waals surface area contributed by atoms with Gasteiger partial charge in [0.15, 0.2) is 0 Å². The number of amides is 1. The monoisotopic (exact) mass is 303 g/mol. The molecule has 4 atom stereocenters. The molecule has 1 N–H and O–H groups in total. The summed E-state index contributed by atoms with van der Waals surface area (Å²) in [6.07, 6.45) is 1.05. The average molecular weight is 303 g/mol. The zero-order valence-corrected chi connectivity index (χ0v) is 12.9. The first-order valence-electron chi connectivity index (χ1n) is 7.64. The molecule has 3 saturated carbocycles. The lowest BCUT2D eigenvalue weighted by molar-refractivity contribution is -0.150. The van der Waals surface area contributed by atoms with Crippen molar-refractivity contribution in [3.05, 3.63) is 35.9 Å². The number of alkyl carbamates (subject to hydrolysis) is 1. The van der Waals surface area contributed by atoms with Crippen molar-refractivity contribution in [1.82, 2.24) is 5.32 Å². The van der Waals surface area contributed by atoms with Crippen molar-refractivity contribution in [2.75, 3.05) is 7.11 Å². The zero-order chi connectivity index (χ0) is 15.7. The molecule has 0 radical (unpaired) electrons. The van der Waals surface area contributed by atoms with Gasteiger partial charge in [-0.25, -0.2) is 9.59 Å². The van der Waals surface area contributed by atoms with E-state index in [4.69, 9.17) is 9.47 Å². The van der Waals surface area contributed by atoms with E-state index in [0.29, 0.717) is 18.3 Å². The van der Waals surface area contributed by atoms with E-state index in [1.807, 2.05) is 30.3 Å². The van der Waals surface area contributed by atoms with Crippen LogP contribution in [0.2, 0.25) is 0 Å². The molecule has 3 fully saturated rings. The largest absolute Gasteiger partial charge is 0.467 e. The number of carbonyl (C=O) groups is 2. The number of methoxy groups -OCH3 is 1. The fourth-order valence-corrected chi connectivity index (χ4v) is 3.93. The van der Waals surface area contributed by atoms with Crippen molar-refractivity contribution in [1.29, 1.82) is 0 Å². The van der Waals surface area contributed by atoms with Crippen LogP contribution in [0.1, 0.15) is 25.3 Å². The number of carbonyl (C=O) groups excluding carboxylic acids is 2. The van der Waals surface area contributed by atoms with Crippen LogP contribution in [0, 0.1) is 17.8 Å². The molecule has 22 heavy (non-hydrogen) atoms. The maximum Gasteiger partial charge on any atom is 0.408 e. The van der Waals surface area contributed by atoms with Crippen molar-refractivity contribution < 1.29 is 19.1 Å². The summed E-state index contributed by atoms with van der Waals surface area (Å²) >= 11 is 0. The molecule has 1 amide bonds. The van der Waals surface area contributed by atoms with Crippen LogP contribution in [0.5, 0.6) is 0 Å². The Labute approximate surface area is 130 Å². The van der Waals surface area contributed by atoms with Crippen molar-refractivity contribution in [2.24, 2.45) is 17.8 Å². The molecule has 1 aromatic rings. The summed E-state index contributed by atoms with van der Waals surface area (Å²) in [4.78, 5) is 24.4. The topological polar surface area (TPSA) is 64.6 Å². The Balaban J connectivity index is 1.64. The SMILES string of the molecule is COC(=O)C1(NC(=O)OCc2ccccc2)CC2CC1C2C. The van der Waals surface area contributed by atoms with Gasteiger partial charge in [0, 0.05) is 0 Å². The maximum atomic E-state index is 12.2. The fourth-order valence-electron chi connectivity index (χ4n) is 3.93. The second kappa shape index (κ2) is 5.63. The normalized spacial score (nSPS) is 32.0. The Bertz CT molecular complexity index is 573. The second-order valence-corrected chi connectivity index (χ2v) is 6.32. The van der Waals surface area contributed by atoms with Gasteiger partial charge in [0.1, 0.15) is 12.1 Å². The first-order valence-corrected chi connectivity index (χ1v) is 7.64. The summed E-state index contributed by atoms with van der Waals surface area (Å²) in [5, 5.41) is 2.80. The summed E-state index contributed by atoms with van der Waals surface area (Å²) in [5.41, 5.74) is 0.000864. The molecule has 0 heterocycles. The van der Waals surface area contributed by atoms with E-state index in [9.17, 15) is 9.59 Å². The lowest BCUT2D eigenvalue weighted by Gasteiger charge is -2.38. The van der Waals surface area contributed by atoms with E-state index < -0.39 is 11.6 Å². The van der Waals surface area contributed by atoms with Gasteiger partial charge in [0.2, 0.25) is 0 Å². The summed E-state index contributed by atoms with van der Waals surface area (Å²) in [6.45, 7) is 2.31. The summed E-state index contributed by atoms with van der Waals surface area (Å²) in [6, 6.07) is 9.46. The number of rotatable bonds is 4. The van der Waals surface area contributed by atoms with Crippen LogP contribution in [-0.2, 0) is 20.9 Å². The predicted octanol–water partition coefficient (Wildman–Crippen LogP) is 2.50. The third-order valence-corrected chi connectivity index (χ3v) is 5.24. The van der Waals surface area contributed by atoms with Crippen LogP contribution in [-0.4, -0.2) is 24.7 Å². The van der Waals surface area contributed by atoms with E-state index in [2.05, 4.69) is 12.2 Å². The van der Waals surface area contributed by atoms with Crippen LogP contribution in [0.15, 0.2) is 30.3 Å². The molecule has 118 valence electrons. The van der Waals surface area contributed by atoms with Gasteiger partial charge >= 0.3 is 12.1 Å². The molecule has 5 heteroatoms. The number of nitrogens with one attached hydrogen (secondary N) is 1. The average Bonchev–Trinajstić information content (AvgIpc) is 3.06. The van der Waals surface area contributed by atoms with Crippen LogP contribution < -0.4 is 5.32 Å². The molecule has 0 aromatic heterocycles. The predicted molar refractivity (Wildman–Crippen MR) is 79.9 cm³/mol. The van der Waals surface area contributed by atoms with E-state index in [1.54, 1.807) is 0 Å². The Hall–Kier alpha value is -2.04. The Morgan fingerprint density at radius 2 is 2.05 bits per heavy atom. The molecule has 3 aliphatic carbocycles. The first kappa shape index (κ1) is 14.9. The highest BCUT2D eigenvalue weighted by Crippen LogP contribution is 2.59. The van der Waals surface area contributed by atoms with Gasteiger partial charge in [-0.3, -0.25) is 0 Å². The van der Waals surface area contributed by atoms with Crippen LogP contribution in [0.3, 0.4) is 0 Å². The van der Waals surface area contributed by atoms with Crippen LogP contribution >= 0.6 is 0 Å². The maximum absolute atomic E-state index is 12.2. The number of fused-ring (bicyclic) bond motifs is 1. The third-order valence-electron chi connectivity index (χ3n) is 5.24. The van der Waals surface area contributed by atoms with Gasteiger partial charge in [0.05, 0.1) is 7.11 Å². The number of benzene rings is 1. The van der Waals surface area contributed by atoms with Gasteiger partial charge < -0.3 is 14.8 Å². The molecule has 4 unspecified atom stereocenters. The van der Waals surface area contributed by atoms with Crippen LogP contribution in [0.25, 0.3) is 0 Å². The van der Waals surface area contributed by atoms with Gasteiger partial charge in [-0.15, -0.1) is 0 Å². The standard InChI is InChI=1S/C17H21NO4/c1-11-13-8-14(11)17(9-13,15(19)21-2)18-16(20)22-10-12-6-4-3-5-7-12/h3-7,11,13-14H,8-10H2,1-2H3,(H,18,20). The molecule has 3 aliphatic rings. The lowest BCUT2D eigenvalue weighted by Crippen LogP contribution is -2.57. The molecular weight excluding hydrogens is 282 g/mol. The Morgan fingerprint density at radius 3 is 2.59 bits per heavy atom. The number of hydrogen-bond acceptors (Lipinski definition) is 4. The van der Waals surface area contributed by atoms with E-state index in [1.165, 1.54) is 7.11 Å².